The number of rotatable bonds is 6. The van der Waals surface area contributed by atoms with Gasteiger partial charge in [0, 0.05) is 45.4 Å². The number of ether oxygens (including phenoxy) is 1. The molecule has 1 saturated heterocycles. The lowest BCUT2D eigenvalue weighted by atomic mass is 9.97. The molecule has 0 bridgehead atoms. The van der Waals surface area contributed by atoms with Gasteiger partial charge >= 0.3 is 0 Å². The van der Waals surface area contributed by atoms with Crippen LogP contribution in [-0.4, -0.2) is 60.6 Å². The van der Waals surface area contributed by atoms with Gasteiger partial charge in [0.05, 0.1) is 12.5 Å². The molecule has 1 unspecified atom stereocenters. The third-order valence-corrected chi connectivity index (χ3v) is 4.64. The van der Waals surface area contributed by atoms with Gasteiger partial charge < -0.3 is 15.4 Å². The Bertz CT molecular complexity index is 500. The summed E-state index contributed by atoms with van der Waals surface area (Å²) in [6.07, 6.45) is 0.176. The molecule has 1 atom stereocenters. The van der Waals surface area contributed by atoms with Crippen LogP contribution in [0.5, 0.6) is 0 Å². The first-order valence-electron chi connectivity index (χ1n) is 8.26. The van der Waals surface area contributed by atoms with Crippen molar-refractivity contribution in [3.05, 3.63) is 35.9 Å². The second-order valence-corrected chi connectivity index (χ2v) is 6.83. The van der Waals surface area contributed by atoms with Crippen molar-refractivity contribution in [2.24, 2.45) is 5.73 Å². The molecule has 0 radical (unpaired) electrons. The fourth-order valence-electron chi connectivity index (χ4n) is 3.09. The number of amides is 1. The highest BCUT2D eigenvalue weighted by atomic mass is 16.5. The molecule has 5 nitrogen and oxygen atoms in total. The maximum atomic E-state index is 12.5. The number of methoxy groups -OCH3 is 1. The summed E-state index contributed by atoms with van der Waals surface area (Å²) in [7, 11) is 1.60. The highest BCUT2D eigenvalue weighted by molar-refractivity contribution is 5.77. The van der Waals surface area contributed by atoms with E-state index >= 15 is 0 Å². The second-order valence-electron chi connectivity index (χ2n) is 6.83. The van der Waals surface area contributed by atoms with E-state index in [0.29, 0.717) is 13.0 Å². The number of nitrogens with two attached hydrogens (primary N) is 1. The van der Waals surface area contributed by atoms with Gasteiger partial charge in [-0.25, -0.2) is 0 Å². The zero-order valence-electron chi connectivity index (χ0n) is 14.5. The Hall–Kier alpha value is -1.43. The van der Waals surface area contributed by atoms with E-state index in [1.54, 1.807) is 7.11 Å². The average molecular weight is 319 g/mol. The molecule has 1 aliphatic rings. The van der Waals surface area contributed by atoms with Crippen LogP contribution in [0.3, 0.4) is 0 Å². The van der Waals surface area contributed by atoms with E-state index in [1.165, 1.54) is 5.56 Å². The predicted molar refractivity (Wildman–Crippen MR) is 92.0 cm³/mol. The first kappa shape index (κ1) is 17.9. The van der Waals surface area contributed by atoms with Gasteiger partial charge in [0.15, 0.2) is 0 Å². The summed E-state index contributed by atoms with van der Waals surface area (Å²) in [6, 6.07) is 10.5. The molecule has 0 aromatic heterocycles. The average Bonchev–Trinajstić information content (AvgIpc) is 2.55. The Morgan fingerprint density at radius 2 is 2.00 bits per heavy atom. The van der Waals surface area contributed by atoms with Gasteiger partial charge in [0.2, 0.25) is 5.91 Å². The number of nitrogens with zero attached hydrogens (tertiary/aromatic N) is 2. The molecule has 5 heteroatoms. The molecule has 1 aliphatic heterocycles. The van der Waals surface area contributed by atoms with E-state index in [-0.39, 0.29) is 17.6 Å². The number of carbonyl (C=O) groups excluding carboxylic acids is 1. The monoisotopic (exact) mass is 319 g/mol. The third-order valence-electron chi connectivity index (χ3n) is 4.64. The summed E-state index contributed by atoms with van der Waals surface area (Å²) in [6.45, 7) is 8.07. The molecule has 1 heterocycles. The molecule has 0 spiro atoms. The summed E-state index contributed by atoms with van der Waals surface area (Å²) in [5.74, 6) is 0.134. The lowest BCUT2D eigenvalue weighted by molar-refractivity contribution is -0.138. The van der Waals surface area contributed by atoms with E-state index < -0.39 is 0 Å². The fourth-order valence-corrected chi connectivity index (χ4v) is 3.09. The molecule has 1 amide bonds. The number of hydrogen-bond donors (Lipinski definition) is 1. The van der Waals surface area contributed by atoms with Crippen LogP contribution in [0.15, 0.2) is 30.3 Å². The van der Waals surface area contributed by atoms with Crippen molar-refractivity contribution in [1.82, 2.24) is 9.80 Å². The van der Waals surface area contributed by atoms with E-state index in [0.717, 1.165) is 26.2 Å². The Labute approximate surface area is 139 Å². The minimum Gasteiger partial charge on any atom is -0.380 e. The van der Waals surface area contributed by atoms with E-state index in [2.05, 4.69) is 43.0 Å². The van der Waals surface area contributed by atoms with Crippen molar-refractivity contribution in [2.45, 2.75) is 38.5 Å². The highest BCUT2D eigenvalue weighted by Crippen LogP contribution is 2.24. The standard InChI is InChI=1S/C18H29N3O2/c1-18(2)14-20(17(22)11-16(12-19)23-3)9-10-21(18)13-15-7-5-4-6-8-15/h4-8,16H,9-14,19H2,1-3H3. The number of hydrogen-bond acceptors (Lipinski definition) is 4. The van der Waals surface area contributed by atoms with Crippen LogP contribution >= 0.6 is 0 Å². The number of carbonyl (C=O) groups is 1. The maximum absolute atomic E-state index is 12.5. The predicted octanol–water partition coefficient (Wildman–Crippen LogP) is 1.47. The van der Waals surface area contributed by atoms with Gasteiger partial charge in [0.25, 0.3) is 0 Å². The lowest BCUT2D eigenvalue weighted by Crippen LogP contribution is -2.60. The van der Waals surface area contributed by atoms with Gasteiger partial charge in [-0.15, -0.1) is 0 Å². The van der Waals surface area contributed by atoms with E-state index in [9.17, 15) is 4.79 Å². The Kier molecular flexibility index (Phi) is 6.16. The summed E-state index contributed by atoms with van der Waals surface area (Å²) >= 11 is 0. The largest absolute Gasteiger partial charge is 0.380 e. The normalized spacial score (nSPS) is 19.6. The van der Waals surface area contributed by atoms with Gasteiger partial charge in [-0.2, -0.15) is 0 Å². The van der Waals surface area contributed by atoms with Gasteiger partial charge in [-0.05, 0) is 19.4 Å². The minimum atomic E-state index is -0.187. The first-order valence-corrected chi connectivity index (χ1v) is 8.26. The molecule has 2 N–H and O–H groups in total. The molecule has 2 rings (SSSR count). The summed E-state index contributed by atoms with van der Waals surface area (Å²) in [5.41, 5.74) is 6.88. The summed E-state index contributed by atoms with van der Waals surface area (Å²) in [4.78, 5) is 16.8. The van der Waals surface area contributed by atoms with Crippen LogP contribution in [0, 0.1) is 0 Å². The van der Waals surface area contributed by atoms with Crippen molar-refractivity contribution in [3.63, 3.8) is 0 Å². The van der Waals surface area contributed by atoms with Crippen LogP contribution in [0.1, 0.15) is 25.8 Å². The smallest absolute Gasteiger partial charge is 0.225 e. The van der Waals surface area contributed by atoms with Crippen LogP contribution in [0.25, 0.3) is 0 Å². The maximum Gasteiger partial charge on any atom is 0.225 e. The van der Waals surface area contributed by atoms with Gasteiger partial charge in [0.1, 0.15) is 0 Å². The van der Waals surface area contributed by atoms with Crippen LogP contribution < -0.4 is 5.73 Å². The van der Waals surface area contributed by atoms with Crippen LogP contribution in [0.4, 0.5) is 0 Å². The molecular formula is C18H29N3O2. The van der Waals surface area contributed by atoms with Crippen LogP contribution in [0.2, 0.25) is 0 Å². The molecule has 0 saturated carbocycles. The highest BCUT2D eigenvalue weighted by Gasteiger charge is 2.35. The molecule has 0 aliphatic carbocycles. The Morgan fingerprint density at radius 3 is 2.57 bits per heavy atom. The van der Waals surface area contributed by atoms with E-state index in [4.69, 9.17) is 10.5 Å². The number of piperazine rings is 1. The first-order chi connectivity index (χ1) is 11.0. The minimum absolute atomic E-state index is 0.0466. The number of benzene rings is 1. The summed E-state index contributed by atoms with van der Waals surface area (Å²) < 4.78 is 5.23. The molecule has 1 fully saturated rings. The topological polar surface area (TPSA) is 58.8 Å². The van der Waals surface area contributed by atoms with Crippen molar-refractivity contribution in [1.29, 1.82) is 0 Å². The van der Waals surface area contributed by atoms with Gasteiger partial charge in [-0.1, -0.05) is 30.3 Å². The van der Waals surface area contributed by atoms with Gasteiger partial charge in [-0.3, -0.25) is 9.69 Å². The molecule has 1 aromatic carbocycles. The zero-order valence-corrected chi connectivity index (χ0v) is 14.5. The lowest BCUT2D eigenvalue weighted by Gasteiger charge is -2.47. The Balaban J connectivity index is 1.95. The second kappa shape index (κ2) is 7.90. The molecule has 23 heavy (non-hydrogen) atoms. The SMILES string of the molecule is COC(CN)CC(=O)N1CCN(Cc2ccccc2)C(C)(C)C1. The molecule has 1 aromatic rings. The van der Waals surface area contributed by atoms with Crippen molar-refractivity contribution < 1.29 is 9.53 Å². The van der Waals surface area contributed by atoms with Crippen LogP contribution in [-0.2, 0) is 16.1 Å². The Morgan fingerprint density at radius 1 is 1.30 bits per heavy atom. The third kappa shape index (κ3) is 4.77. The summed E-state index contributed by atoms with van der Waals surface area (Å²) in [5, 5.41) is 0. The van der Waals surface area contributed by atoms with E-state index in [1.807, 2.05) is 11.0 Å². The fraction of sp³-hybridized carbons (Fsp3) is 0.611. The zero-order chi connectivity index (χ0) is 16.9. The van der Waals surface area contributed by atoms with Crippen molar-refractivity contribution >= 4 is 5.91 Å². The molecule has 128 valence electrons. The van der Waals surface area contributed by atoms with Crippen molar-refractivity contribution in [2.75, 3.05) is 33.3 Å². The molecular weight excluding hydrogens is 290 g/mol. The van der Waals surface area contributed by atoms with Crippen molar-refractivity contribution in [3.8, 4) is 0 Å². The quantitative estimate of drug-likeness (QED) is 0.863.